The van der Waals surface area contributed by atoms with E-state index in [2.05, 4.69) is 10.4 Å². The molecule has 37 heavy (non-hydrogen) atoms. The number of hydrogen-bond donors (Lipinski definition) is 1. The van der Waals surface area contributed by atoms with E-state index in [4.69, 9.17) is 4.74 Å². The number of carbonyl (C=O) groups is 2. The second-order valence-corrected chi connectivity index (χ2v) is 9.18. The van der Waals surface area contributed by atoms with Crippen molar-refractivity contribution in [3.8, 4) is 22.6 Å². The summed E-state index contributed by atoms with van der Waals surface area (Å²) in [6.45, 7) is 5.69. The van der Waals surface area contributed by atoms with Gasteiger partial charge in [-0.2, -0.15) is 0 Å². The second kappa shape index (κ2) is 11.6. The molecule has 4 aromatic rings. The lowest BCUT2D eigenvalue weighted by Gasteiger charge is -2.26. The van der Waals surface area contributed by atoms with Gasteiger partial charge in [0.2, 0.25) is 11.8 Å². The van der Waals surface area contributed by atoms with Crippen LogP contribution < -0.4 is 10.1 Å². The van der Waals surface area contributed by atoms with Crippen molar-refractivity contribution in [1.82, 2.24) is 14.7 Å². The summed E-state index contributed by atoms with van der Waals surface area (Å²) in [5.41, 5.74) is 4.46. The molecule has 0 unspecified atom stereocenters. The Morgan fingerprint density at radius 1 is 1.00 bits per heavy atom. The molecule has 1 N–H and O–H groups in total. The molecule has 0 saturated carbocycles. The molecule has 0 aliphatic heterocycles. The first-order chi connectivity index (χ1) is 17.9. The Hall–Kier alpha value is -4.39. The summed E-state index contributed by atoms with van der Waals surface area (Å²) in [5.74, 6) is 0.804. The average molecular weight is 497 g/mol. The molecule has 7 nitrogen and oxygen atoms in total. The Balaban J connectivity index is 1.53. The average Bonchev–Trinajstić information content (AvgIpc) is 3.32. The molecule has 4 rings (SSSR count). The first kappa shape index (κ1) is 25.7. The van der Waals surface area contributed by atoms with Crippen molar-refractivity contribution < 1.29 is 14.3 Å². The van der Waals surface area contributed by atoms with Crippen LogP contribution in [0.3, 0.4) is 0 Å². The Morgan fingerprint density at radius 3 is 2.30 bits per heavy atom. The van der Waals surface area contributed by atoms with Crippen molar-refractivity contribution in [3.63, 3.8) is 0 Å². The molecule has 0 saturated heterocycles. The van der Waals surface area contributed by atoms with Crippen molar-refractivity contribution >= 4 is 17.6 Å². The molecule has 0 radical (unpaired) electrons. The van der Waals surface area contributed by atoms with Gasteiger partial charge in [-0.25, -0.2) is 4.68 Å². The predicted octanol–water partition coefficient (Wildman–Crippen LogP) is 5.27. The zero-order valence-corrected chi connectivity index (χ0v) is 21.6. The molecule has 0 fully saturated rings. The molecule has 0 bridgehead atoms. The van der Waals surface area contributed by atoms with Gasteiger partial charge in [0.1, 0.15) is 12.3 Å². The maximum atomic E-state index is 13.2. The summed E-state index contributed by atoms with van der Waals surface area (Å²) in [7, 11) is 1.62. The fraction of sp³-hybridized carbons (Fsp3) is 0.233. The van der Waals surface area contributed by atoms with Gasteiger partial charge in [-0.05, 0) is 55.7 Å². The van der Waals surface area contributed by atoms with Crippen LogP contribution in [0.15, 0.2) is 85.1 Å². The smallest absolute Gasteiger partial charge is 0.245 e. The van der Waals surface area contributed by atoms with E-state index < -0.39 is 0 Å². The summed E-state index contributed by atoms with van der Waals surface area (Å²) >= 11 is 0. The third kappa shape index (κ3) is 6.25. The van der Waals surface area contributed by atoms with E-state index in [0.29, 0.717) is 5.82 Å². The lowest BCUT2D eigenvalue weighted by atomic mass is 10.1. The summed E-state index contributed by atoms with van der Waals surface area (Å²) in [6.07, 6.45) is 2.10. The van der Waals surface area contributed by atoms with Crippen LogP contribution >= 0.6 is 0 Å². The molecular weight excluding hydrogens is 464 g/mol. The fourth-order valence-corrected chi connectivity index (χ4v) is 4.22. The van der Waals surface area contributed by atoms with Crippen LogP contribution in [0, 0.1) is 6.92 Å². The van der Waals surface area contributed by atoms with Gasteiger partial charge in [-0.15, -0.1) is 5.10 Å². The van der Waals surface area contributed by atoms with Crippen LogP contribution in [0.2, 0.25) is 0 Å². The Bertz CT molecular complexity index is 1360. The van der Waals surface area contributed by atoms with E-state index in [9.17, 15) is 9.59 Å². The number of amides is 2. The number of methoxy groups -OCH3 is 1. The number of rotatable bonds is 9. The number of para-hydroxylation sites is 1. The van der Waals surface area contributed by atoms with E-state index in [-0.39, 0.29) is 30.8 Å². The molecular formula is C30H32N4O3. The van der Waals surface area contributed by atoms with Gasteiger partial charge in [-0.1, -0.05) is 60.7 Å². The Kier molecular flexibility index (Phi) is 8.03. The van der Waals surface area contributed by atoms with Gasteiger partial charge < -0.3 is 15.0 Å². The van der Waals surface area contributed by atoms with Crippen molar-refractivity contribution in [1.29, 1.82) is 0 Å². The molecule has 1 aromatic heterocycles. The van der Waals surface area contributed by atoms with Crippen molar-refractivity contribution in [3.05, 3.63) is 96.2 Å². The first-order valence-electron chi connectivity index (χ1n) is 12.3. The monoisotopic (exact) mass is 496 g/mol. The third-order valence-electron chi connectivity index (χ3n) is 6.15. The minimum Gasteiger partial charge on any atom is -0.496 e. The minimum absolute atomic E-state index is 0.0714. The minimum atomic E-state index is -0.302. The molecule has 3 aromatic carbocycles. The standard InChI is InChI=1S/C30H32N4O3/c1-21(2)33(29(36)18-23-15-16-27(37-4)22(3)17-23)20-28(35)31-30-26(24-11-7-5-8-12-24)19-34(32-30)25-13-9-6-10-14-25/h5-17,19,21H,18,20H2,1-4H3,(H,31,32,35). The largest absolute Gasteiger partial charge is 0.496 e. The number of aromatic nitrogens is 2. The number of aryl methyl sites for hydroxylation is 1. The Labute approximate surface area is 217 Å². The van der Waals surface area contributed by atoms with Crippen LogP contribution in [-0.4, -0.2) is 46.2 Å². The summed E-state index contributed by atoms with van der Waals surface area (Å²) in [4.78, 5) is 27.9. The quantitative estimate of drug-likeness (QED) is 0.342. The van der Waals surface area contributed by atoms with Gasteiger partial charge >= 0.3 is 0 Å². The van der Waals surface area contributed by atoms with Crippen LogP contribution in [0.1, 0.15) is 25.0 Å². The molecule has 0 spiro atoms. The number of ether oxygens (including phenoxy) is 1. The van der Waals surface area contributed by atoms with Crippen LogP contribution in [-0.2, 0) is 16.0 Å². The summed E-state index contributed by atoms with van der Waals surface area (Å²) < 4.78 is 7.06. The lowest BCUT2D eigenvalue weighted by molar-refractivity contribution is -0.135. The van der Waals surface area contributed by atoms with Crippen molar-refractivity contribution in [2.45, 2.75) is 33.2 Å². The number of carbonyl (C=O) groups excluding carboxylic acids is 2. The SMILES string of the molecule is COc1ccc(CC(=O)N(CC(=O)Nc2nn(-c3ccccc3)cc2-c2ccccc2)C(C)C)cc1C. The number of anilines is 1. The van der Waals surface area contributed by atoms with Crippen LogP contribution in [0.25, 0.3) is 16.8 Å². The van der Waals surface area contributed by atoms with Gasteiger partial charge in [0, 0.05) is 17.8 Å². The van der Waals surface area contributed by atoms with Gasteiger partial charge in [0.05, 0.1) is 19.2 Å². The molecule has 190 valence electrons. The highest BCUT2D eigenvalue weighted by atomic mass is 16.5. The highest BCUT2D eigenvalue weighted by Crippen LogP contribution is 2.28. The molecule has 2 amide bonds. The van der Waals surface area contributed by atoms with E-state index in [1.165, 1.54) is 0 Å². The van der Waals surface area contributed by atoms with E-state index >= 15 is 0 Å². The fourth-order valence-electron chi connectivity index (χ4n) is 4.22. The zero-order chi connectivity index (χ0) is 26.4. The number of benzene rings is 3. The molecule has 0 atom stereocenters. The van der Waals surface area contributed by atoms with Gasteiger partial charge in [-0.3, -0.25) is 9.59 Å². The molecule has 0 aliphatic rings. The number of nitrogens with one attached hydrogen (secondary N) is 1. The topological polar surface area (TPSA) is 76.5 Å². The Morgan fingerprint density at radius 2 is 1.68 bits per heavy atom. The van der Waals surface area contributed by atoms with E-state index in [1.54, 1.807) is 16.7 Å². The van der Waals surface area contributed by atoms with Crippen LogP contribution in [0.5, 0.6) is 5.75 Å². The highest BCUT2D eigenvalue weighted by Gasteiger charge is 2.22. The lowest BCUT2D eigenvalue weighted by Crippen LogP contribution is -2.43. The van der Waals surface area contributed by atoms with Crippen LogP contribution in [0.4, 0.5) is 5.82 Å². The summed E-state index contributed by atoms with van der Waals surface area (Å²) in [5, 5.41) is 7.60. The van der Waals surface area contributed by atoms with E-state index in [0.717, 1.165) is 33.7 Å². The van der Waals surface area contributed by atoms with E-state index in [1.807, 2.05) is 106 Å². The highest BCUT2D eigenvalue weighted by molar-refractivity contribution is 5.97. The van der Waals surface area contributed by atoms with Crippen molar-refractivity contribution in [2.75, 3.05) is 19.0 Å². The maximum absolute atomic E-state index is 13.2. The molecule has 7 heteroatoms. The van der Waals surface area contributed by atoms with Gasteiger partial charge in [0.25, 0.3) is 0 Å². The molecule has 0 aliphatic carbocycles. The zero-order valence-electron chi connectivity index (χ0n) is 21.6. The second-order valence-electron chi connectivity index (χ2n) is 9.18. The number of nitrogens with zero attached hydrogens (tertiary/aromatic N) is 3. The maximum Gasteiger partial charge on any atom is 0.245 e. The van der Waals surface area contributed by atoms with Crippen molar-refractivity contribution in [2.24, 2.45) is 0 Å². The third-order valence-corrected chi connectivity index (χ3v) is 6.15. The number of hydrogen-bond acceptors (Lipinski definition) is 4. The summed E-state index contributed by atoms with van der Waals surface area (Å²) in [6, 6.07) is 25.0. The predicted molar refractivity (Wildman–Crippen MR) is 146 cm³/mol. The normalized spacial score (nSPS) is 10.8. The molecule has 1 heterocycles. The first-order valence-corrected chi connectivity index (χ1v) is 12.3. The van der Waals surface area contributed by atoms with Gasteiger partial charge in [0.15, 0.2) is 5.82 Å².